The second-order valence-corrected chi connectivity index (χ2v) is 6.54. The molecule has 0 aromatic heterocycles. The number of nitrogens with one attached hydrogen (secondary N) is 1. The fourth-order valence-electron chi connectivity index (χ4n) is 3.41. The van der Waals surface area contributed by atoms with Crippen LogP contribution >= 0.6 is 11.6 Å². The van der Waals surface area contributed by atoms with Gasteiger partial charge < -0.3 is 10.4 Å². The predicted octanol–water partition coefficient (Wildman–Crippen LogP) is 3.48. The summed E-state index contributed by atoms with van der Waals surface area (Å²) in [7, 11) is 0. The lowest BCUT2D eigenvalue weighted by atomic mass is 9.75. The molecule has 0 aliphatic heterocycles. The molecule has 2 fully saturated rings. The molecule has 3 heteroatoms. The molecule has 0 radical (unpaired) electrons. The van der Waals surface area contributed by atoms with Crippen molar-refractivity contribution in [1.82, 2.24) is 5.32 Å². The number of hydrogen-bond donors (Lipinski definition) is 2. The molecule has 19 heavy (non-hydrogen) atoms. The molecule has 0 amide bonds. The van der Waals surface area contributed by atoms with Gasteiger partial charge in [0, 0.05) is 17.1 Å². The van der Waals surface area contributed by atoms with E-state index in [-0.39, 0.29) is 6.10 Å². The van der Waals surface area contributed by atoms with Crippen LogP contribution in [-0.2, 0) is 0 Å². The molecule has 2 aliphatic carbocycles. The van der Waals surface area contributed by atoms with Gasteiger partial charge in [-0.2, -0.15) is 0 Å². The molecule has 2 atom stereocenters. The van der Waals surface area contributed by atoms with Gasteiger partial charge in [-0.3, -0.25) is 0 Å². The van der Waals surface area contributed by atoms with E-state index in [1.165, 1.54) is 24.8 Å². The number of benzene rings is 1. The van der Waals surface area contributed by atoms with Gasteiger partial charge in [-0.25, -0.2) is 0 Å². The normalized spacial score (nSPS) is 34.8. The second kappa shape index (κ2) is 5.82. The molecule has 3 rings (SSSR count). The second-order valence-electron chi connectivity index (χ2n) is 6.10. The van der Waals surface area contributed by atoms with Gasteiger partial charge in [0.25, 0.3) is 0 Å². The molecule has 2 saturated carbocycles. The quantitative estimate of drug-likeness (QED) is 0.888. The van der Waals surface area contributed by atoms with Gasteiger partial charge in [0.15, 0.2) is 0 Å². The van der Waals surface area contributed by atoms with E-state index in [0.29, 0.717) is 18.0 Å². The van der Waals surface area contributed by atoms with Crippen molar-refractivity contribution in [2.45, 2.75) is 62.6 Å². The molecule has 2 N–H and O–H groups in total. The summed E-state index contributed by atoms with van der Waals surface area (Å²) in [5.41, 5.74) is 1.41. The third-order valence-corrected chi connectivity index (χ3v) is 4.85. The van der Waals surface area contributed by atoms with Crippen LogP contribution in [0.2, 0.25) is 5.02 Å². The van der Waals surface area contributed by atoms with Crippen molar-refractivity contribution in [3.05, 3.63) is 34.9 Å². The Labute approximate surface area is 120 Å². The average Bonchev–Trinajstić information content (AvgIpc) is 2.35. The highest BCUT2D eigenvalue weighted by Crippen LogP contribution is 2.38. The van der Waals surface area contributed by atoms with E-state index in [2.05, 4.69) is 17.4 Å². The van der Waals surface area contributed by atoms with E-state index < -0.39 is 0 Å². The summed E-state index contributed by atoms with van der Waals surface area (Å²) in [6, 6.07) is 9.42. The van der Waals surface area contributed by atoms with Crippen LogP contribution in [0.5, 0.6) is 0 Å². The maximum Gasteiger partial charge on any atom is 0.0555 e. The zero-order chi connectivity index (χ0) is 13.2. The Bertz CT molecular complexity index is 413. The highest BCUT2D eigenvalue weighted by atomic mass is 35.5. The first-order chi connectivity index (χ1) is 9.20. The summed E-state index contributed by atoms with van der Waals surface area (Å²) in [4.78, 5) is 0. The van der Waals surface area contributed by atoms with Gasteiger partial charge in [-0.15, -0.1) is 0 Å². The highest BCUT2D eigenvalue weighted by Gasteiger charge is 2.32. The Balaban J connectivity index is 1.46. The van der Waals surface area contributed by atoms with Crippen LogP contribution in [0, 0.1) is 0 Å². The SMILES string of the molecule is OC1CCCC(NC2CC(c3ccc(Cl)cc3)C2)C1. The summed E-state index contributed by atoms with van der Waals surface area (Å²) in [5, 5.41) is 14.2. The molecule has 0 spiro atoms. The summed E-state index contributed by atoms with van der Waals surface area (Å²) < 4.78 is 0. The molecule has 1 aromatic carbocycles. The van der Waals surface area contributed by atoms with Gasteiger partial charge in [0.05, 0.1) is 6.10 Å². The Morgan fingerprint density at radius 2 is 1.74 bits per heavy atom. The van der Waals surface area contributed by atoms with Crippen LogP contribution in [0.3, 0.4) is 0 Å². The molecule has 2 nitrogen and oxygen atoms in total. The summed E-state index contributed by atoms with van der Waals surface area (Å²) in [5.74, 6) is 0.684. The van der Waals surface area contributed by atoms with Crippen LogP contribution in [-0.4, -0.2) is 23.3 Å². The van der Waals surface area contributed by atoms with Crippen molar-refractivity contribution in [2.24, 2.45) is 0 Å². The summed E-state index contributed by atoms with van der Waals surface area (Å²) in [6.45, 7) is 0. The summed E-state index contributed by atoms with van der Waals surface area (Å²) >= 11 is 5.91. The van der Waals surface area contributed by atoms with Gasteiger partial charge in [-0.1, -0.05) is 23.7 Å². The van der Waals surface area contributed by atoms with Crippen molar-refractivity contribution in [1.29, 1.82) is 0 Å². The lowest BCUT2D eigenvalue weighted by Gasteiger charge is -2.40. The largest absolute Gasteiger partial charge is 0.393 e. The van der Waals surface area contributed by atoms with E-state index in [4.69, 9.17) is 11.6 Å². The van der Waals surface area contributed by atoms with Gasteiger partial charge in [-0.05, 0) is 62.1 Å². The minimum absolute atomic E-state index is 0.0848. The van der Waals surface area contributed by atoms with Crippen molar-refractivity contribution < 1.29 is 5.11 Å². The monoisotopic (exact) mass is 279 g/mol. The zero-order valence-electron chi connectivity index (χ0n) is 11.2. The molecule has 1 aromatic rings. The molecule has 0 bridgehead atoms. The van der Waals surface area contributed by atoms with E-state index >= 15 is 0 Å². The fraction of sp³-hybridized carbons (Fsp3) is 0.625. The Morgan fingerprint density at radius 1 is 1.00 bits per heavy atom. The Morgan fingerprint density at radius 3 is 2.42 bits per heavy atom. The Hall–Kier alpha value is -0.570. The fourth-order valence-corrected chi connectivity index (χ4v) is 3.54. The van der Waals surface area contributed by atoms with Crippen molar-refractivity contribution in [3.8, 4) is 0 Å². The average molecular weight is 280 g/mol. The number of aliphatic hydroxyl groups excluding tert-OH is 1. The van der Waals surface area contributed by atoms with Crippen LogP contribution in [0.25, 0.3) is 0 Å². The lowest BCUT2D eigenvalue weighted by Crippen LogP contribution is -2.47. The predicted molar refractivity (Wildman–Crippen MR) is 78.6 cm³/mol. The van der Waals surface area contributed by atoms with Crippen molar-refractivity contribution in [2.75, 3.05) is 0 Å². The molecular weight excluding hydrogens is 258 g/mol. The minimum Gasteiger partial charge on any atom is -0.393 e. The van der Waals surface area contributed by atoms with Crippen molar-refractivity contribution >= 4 is 11.6 Å². The van der Waals surface area contributed by atoms with E-state index in [9.17, 15) is 5.11 Å². The van der Waals surface area contributed by atoms with Crippen LogP contribution in [0.15, 0.2) is 24.3 Å². The van der Waals surface area contributed by atoms with Crippen LogP contribution in [0.1, 0.15) is 50.0 Å². The highest BCUT2D eigenvalue weighted by molar-refractivity contribution is 6.30. The standard InChI is InChI=1S/C16H22ClNO/c17-13-6-4-11(5-7-13)12-8-15(9-12)18-14-2-1-3-16(19)10-14/h4-7,12,14-16,18-19H,1-3,8-10H2. The minimum atomic E-state index is -0.0848. The number of rotatable bonds is 3. The van der Waals surface area contributed by atoms with Crippen LogP contribution in [0.4, 0.5) is 0 Å². The van der Waals surface area contributed by atoms with E-state index in [0.717, 1.165) is 24.3 Å². The van der Waals surface area contributed by atoms with E-state index in [1.807, 2.05) is 12.1 Å². The van der Waals surface area contributed by atoms with Crippen LogP contribution < -0.4 is 5.32 Å². The first kappa shape index (κ1) is 13.4. The van der Waals surface area contributed by atoms with Gasteiger partial charge in [0.2, 0.25) is 0 Å². The smallest absolute Gasteiger partial charge is 0.0555 e. The lowest BCUT2D eigenvalue weighted by molar-refractivity contribution is 0.102. The maximum absolute atomic E-state index is 9.69. The zero-order valence-corrected chi connectivity index (χ0v) is 11.9. The first-order valence-corrected chi connectivity index (χ1v) is 7.78. The van der Waals surface area contributed by atoms with Crippen molar-refractivity contribution in [3.63, 3.8) is 0 Å². The van der Waals surface area contributed by atoms with E-state index in [1.54, 1.807) is 0 Å². The third-order valence-electron chi connectivity index (χ3n) is 4.60. The maximum atomic E-state index is 9.69. The van der Waals surface area contributed by atoms with Gasteiger partial charge >= 0.3 is 0 Å². The number of aliphatic hydroxyl groups is 1. The molecule has 2 unspecified atom stereocenters. The number of halogens is 1. The summed E-state index contributed by atoms with van der Waals surface area (Å²) in [6.07, 6.45) is 6.64. The topological polar surface area (TPSA) is 32.3 Å². The number of hydrogen-bond acceptors (Lipinski definition) is 2. The first-order valence-electron chi connectivity index (χ1n) is 7.40. The Kier molecular flexibility index (Phi) is 4.11. The molecule has 0 heterocycles. The molecular formula is C16H22ClNO. The molecule has 2 aliphatic rings. The molecule has 104 valence electrons. The van der Waals surface area contributed by atoms with Gasteiger partial charge in [0.1, 0.15) is 0 Å². The third kappa shape index (κ3) is 3.31. The molecule has 0 saturated heterocycles.